The number of rotatable bonds is 5. The van der Waals surface area contributed by atoms with Crippen LogP contribution in [0.1, 0.15) is 64.7 Å². The lowest BCUT2D eigenvalue weighted by molar-refractivity contribution is -0.143. The van der Waals surface area contributed by atoms with Crippen LogP contribution >= 0.6 is 11.6 Å². The summed E-state index contributed by atoms with van der Waals surface area (Å²) < 4.78 is 70.2. The van der Waals surface area contributed by atoms with Crippen molar-refractivity contribution in [3.63, 3.8) is 0 Å². The van der Waals surface area contributed by atoms with Gasteiger partial charge in [0.25, 0.3) is 11.5 Å². The molecule has 2 N–H and O–H groups in total. The van der Waals surface area contributed by atoms with Crippen molar-refractivity contribution in [1.29, 1.82) is 0 Å². The van der Waals surface area contributed by atoms with Crippen LogP contribution in [0.3, 0.4) is 0 Å². The van der Waals surface area contributed by atoms with Gasteiger partial charge < -0.3 is 29.4 Å². The number of hydrogen-bond acceptors (Lipinski definition) is 10. The van der Waals surface area contributed by atoms with Crippen LogP contribution in [-0.2, 0) is 32.6 Å². The van der Waals surface area contributed by atoms with Gasteiger partial charge in [0.05, 0.1) is 59.1 Å². The summed E-state index contributed by atoms with van der Waals surface area (Å²) >= 11 is 6.09. The zero-order valence-corrected chi connectivity index (χ0v) is 27.8. The minimum atomic E-state index is -4.65. The van der Waals surface area contributed by atoms with Crippen LogP contribution in [0.15, 0.2) is 35.4 Å². The van der Waals surface area contributed by atoms with Crippen molar-refractivity contribution < 1.29 is 41.7 Å². The Morgan fingerprint density at radius 1 is 1.24 bits per heavy atom. The molecule has 3 aliphatic rings. The lowest BCUT2D eigenvalue weighted by atomic mass is 9.83. The van der Waals surface area contributed by atoms with E-state index in [0.717, 1.165) is 27.9 Å². The van der Waals surface area contributed by atoms with Gasteiger partial charge in [0.1, 0.15) is 18.5 Å². The van der Waals surface area contributed by atoms with E-state index in [1.165, 1.54) is 11.5 Å². The summed E-state index contributed by atoms with van der Waals surface area (Å²) in [6.07, 6.45) is -4.44. The molecule has 7 rings (SSSR count). The van der Waals surface area contributed by atoms with Crippen molar-refractivity contribution in [1.82, 2.24) is 34.0 Å². The third-order valence-corrected chi connectivity index (χ3v) is 9.55. The monoisotopic (exact) mass is 732 g/mol. The molecule has 4 aromatic rings. The summed E-state index contributed by atoms with van der Waals surface area (Å²) in [7, 11) is 0. The molecule has 14 nitrogen and oxygen atoms in total. The van der Waals surface area contributed by atoms with Crippen LogP contribution < -0.4 is 10.9 Å². The quantitative estimate of drug-likeness (QED) is 0.287. The van der Waals surface area contributed by atoms with Gasteiger partial charge in [0.2, 0.25) is 11.7 Å². The second-order valence-electron chi connectivity index (χ2n) is 12.4. The van der Waals surface area contributed by atoms with E-state index in [9.17, 15) is 32.7 Å². The third kappa shape index (κ3) is 5.89. The molecule has 1 aromatic carbocycles. The van der Waals surface area contributed by atoms with E-state index in [-0.39, 0.29) is 57.9 Å². The average Bonchev–Trinajstić information content (AvgIpc) is 3.67. The number of carbonyl (C=O) groups excluding carboxylic acids is 2. The lowest BCUT2D eigenvalue weighted by Gasteiger charge is -2.41. The van der Waals surface area contributed by atoms with E-state index in [1.54, 1.807) is 13.0 Å². The average molecular weight is 733 g/mol. The first kappa shape index (κ1) is 34.5. The van der Waals surface area contributed by atoms with E-state index < -0.39 is 65.8 Å². The highest BCUT2D eigenvalue weighted by Crippen LogP contribution is 2.49. The molecule has 3 atom stereocenters. The molecule has 1 saturated heterocycles. The van der Waals surface area contributed by atoms with Gasteiger partial charge in [-0.15, -0.1) is 5.10 Å². The number of anilines is 1. The van der Waals surface area contributed by atoms with Crippen LogP contribution in [0.4, 0.5) is 23.2 Å². The maximum atomic E-state index is 16.6. The number of alkyl halides is 4. The number of halogens is 5. The zero-order valence-electron chi connectivity index (χ0n) is 27.0. The second kappa shape index (κ2) is 12.7. The number of aryl methyl sites for hydroxylation is 1. The van der Waals surface area contributed by atoms with Gasteiger partial charge in [0.15, 0.2) is 23.4 Å². The van der Waals surface area contributed by atoms with Gasteiger partial charge in [0, 0.05) is 13.0 Å². The highest BCUT2D eigenvalue weighted by atomic mass is 35.5. The molecule has 0 unspecified atom stereocenters. The van der Waals surface area contributed by atoms with Crippen molar-refractivity contribution in [3.8, 4) is 5.75 Å². The molecule has 3 aromatic heterocycles. The van der Waals surface area contributed by atoms with Crippen LogP contribution in [0.2, 0.25) is 5.02 Å². The smallest absolute Gasteiger partial charge is 0.416 e. The number of aromatic hydroxyl groups is 1. The highest BCUT2D eigenvalue weighted by molar-refractivity contribution is 6.33. The standard InChI is InChI=1S/C32H29ClF4N8O6/c1-15-26(47)24(39-14-38-15)29(49)43-8-7-31(21(34)12-43)23-25(16(2)51-31)44(13-22(46)40-20-4-3-18(11-19(20)33)32(35,36)37)30-41-27(42-45(30)28(23)48)17-5-9-50-10-6-17/h3-5,11,14,16,21,47H,6-10,12-13H2,1-2H3,(H,40,46)/t16-,21-,31+/m0/s1. The van der Waals surface area contributed by atoms with Crippen LogP contribution in [-0.4, -0.2) is 83.4 Å². The van der Waals surface area contributed by atoms with E-state index in [0.29, 0.717) is 31.3 Å². The SMILES string of the molecule is Cc1ncnc(C(=O)N2CC[C@@]3(O[C@@H](C)c4c3c(=O)n3nc(C5=CCOCC5)nc3n4CC(=O)Nc3ccc(C(F)(F)F)cc3Cl)[C@@H](F)C2)c1O. The predicted molar refractivity (Wildman–Crippen MR) is 171 cm³/mol. The van der Waals surface area contributed by atoms with E-state index in [1.807, 2.05) is 0 Å². The molecule has 0 bridgehead atoms. The number of aromatic nitrogens is 6. The van der Waals surface area contributed by atoms with Crippen LogP contribution in [0, 0.1) is 6.92 Å². The highest BCUT2D eigenvalue weighted by Gasteiger charge is 2.56. The normalized spacial score (nSPS) is 21.9. The fraction of sp³-hybridized carbons (Fsp3) is 0.406. The molecule has 0 saturated carbocycles. The molecule has 2 amide bonds. The van der Waals surface area contributed by atoms with E-state index in [4.69, 9.17) is 21.1 Å². The zero-order chi connectivity index (χ0) is 36.4. The summed E-state index contributed by atoms with van der Waals surface area (Å²) in [5.74, 6) is -1.78. The van der Waals surface area contributed by atoms with Crippen LogP contribution in [0.5, 0.6) is 5.75 Å². The largest absolute Gasteiger partial charge is 0.504 e. The van der Waals surface area contributed by atoms with Gasteiger partial charge in [-0.1, -0.05) is 17.7 Å². The van der Waals surface area contributed by atoms with E-state index in [2.05, 4.69) is 25.4 Å². The number of hydrogen-bond donors (Lipinski definition) is 2. The van der Waals surface area contributed by atoms with Gasteiger partial charge in [-0.05, 0) is 44.0 Å². The molecule has 1 fully saturated rings. The number of nitrogens with zero attached hydrogens (tertiary/aromatic N) is 7. The summed E-state index contributed by atoms with van der Waals surface area (Å²) in [6.45, 7) is 2.59. The minimum Gasteiger partial charge on any atom is -0.504 e. The summed E-state index contributed by atoms with van der Waals surface area (Å²) in [5, 5.41) is 17.0. The number of nitrogens with one attached hydrogen (secondary N) is 1. The topological polar surface area (TPSA) is 166 Å². The summed E-state index contributed by atoms with van der Waals surface area (Å²) in [4.78, 5) is 54.6. The molecule has 51 heavy (non-hydrogen) atoms. The first-order valence-corrected chi connectivity index (χ1v) is 16.2. The molecule has 1 spiro atoms. The Morgan fingerprint density at radius 3 is 2.71 bits per heavy atom. The minimum absolute atomic E-state index is 0.0556. The number of benzene rings is 1. The Bertz CT molecular complexity index is 2190. The van der Waals surface area contributed by atoms with Crippen molar-refractivity contribution in [2.45, 2.75) is 57.3 Å². The Labute approximate surface area is 290 Å². The summed E-state index contributed by atoms with van der Waals surface area (Å²) in [6, 6.07) is 2.48. The third-order valence-electron chi connectivity index (χ3n) is 9.24. The first-order chi connectivity index (χ1) is 24.2. The van der Waals surface area contributed by atoms with Crippen LogP contribution in [0.25, 0.3) is 11.4 Å². The lowest BCUT2D eigenvalue weighted by Crippen LogP contribution is -2.55. The Morgan fingerprint density at radius 2 is 2.02 bits per heavy atom. The number of amides is 2. The Kier molecular flexibility index (Phi) is 8.58. The maximum Gasteiger partial charge on any atom is 0.416 e. The number of piperidine rings is 1. The molecular formula is C32H29ClF4N8O6. The Balaban J connectivity index is 1.28. The fourth-order valence-corrected chi connectivity index (χ4v) is 6.96. The predicted octanol–water partition coefficient (Wildman–Crippen LogP) is 3.98. The number of fused-ring (bicyclic) bond motifs is 3. The van der Waals surface area contributed by atoms with E-state index >= 15 is 4.39 Å². The Hall–Kier alpha value is -4.94. The van der Waals surface area contributed by atoms with Gasteiger partial charge >= 0.3 is 6.18 Å². The number of likely N-dealkylation sites (tertiary alicyclic amines) is 1. The molecule has 0 aliphatic carbocycles. The fourth-order valence-electron chi connectivity index (χ4n) is 6.73. The molecular weight excluding hydrogens is 704 g/mol. The van der Waals surface area contributed by atoms with Crippen molar-refractivity contribution in [2.24, 2.45) is 0 Å². The van der Waals surface area contributed by atoms with Crippen molar-refractivity contribution >= 4 is 40.5 Å². The van der Waals surface area contributed by atoms with Gasteiger partial charge in [-0.3, -0.25) is 14.4 Å². The molecule has 0 radical (unpaired) electrons. The molecule has 3 aliphatic heterocycles. The number of ether oxygens (including phenoxy) is 2. The van der Waals surface area contributed by atoms with Gasteiger partial charge in [-0.25, -0.2) is 14.4 Å². The number of carbonyl (C=O) groups is 2. The first-order valence-electron chi connectivity index (χ1n) is 15.8. The summed E-state index contributed by atoms with van der Waals surface area (Å²) in [5.41, 5.74) is -3.10. The second-order valence-corrected chi connectivity index (χ2v) is 12.8. The maximum absolute atomic E-state index is 16.6. The molecule has 19 heteroatoms. The van der Waals surface area contributed by atoms with Crippen molar-refractivity contribution in [2.75, 3.05) is 31.6 Å². The van der Waals surface area contributed by atoms with Gasteiger partial charge in [-0.2, -0.15) is 22.7 Å². The molecule has 268 valence electrons. The van der Waals surface area contributed by atoms with Crippen molar-refractivity contribution in [3.05, 3.63) is 80.0 Å². The molecule has 6 heterocycles.